The molecule has 0 spiro atoms. The average molecular weight is 318 g/mol. The Bertz CT molecular complexity index is 701. The van der Waals surface area contributed by atoms with Crippen LogP contribution in [-0.4, -0.2) is 18.7 Å². The number of para-hydroxylation sites is 1. The Morgan fingerprint density at radius 2 is 1.78 bits per heavy atom. The molecule has 1 unspecified atom stereocenters. The van der Waals surface area contributed by atoms with Crippen molar-refractivity contribution < 1.29 is 18.3 Å². The van der Waals surface area contributed by atoms with Gasteiger partial charge in [-0.15, -0.1) is 0 Å². The minimum atomic E-state index is -0.817. The molecule has 23 heavy (non-hydrogen) atoms. The van der Waals surface area contributed by atoms with Gasteiger partial charge in [0, 0.05) is 13.0 Å². The monoisotopic (exact) mass is 318 g/mol. The van der Waals surface area contributed by atoms with Crippen molar-refractivity contribution in [1.82, 2.24) is 5.32 Å². The topological polar surface area (TPSA) is 50.4 Å². The maximum absolute atomic E-state index is 13.5. The van der Waals surface area contributed by atoms with E-state index in [4.69, 9.17) is 4.74 Å². The van der Waals surface area contributed by atoms with E-state index in [1.54, 1.807) is 0 Å². The van der Waals surface area contributed by atoms with Crippen LogP contribution in [0.25, 0.3) is 0 Å². The number of nitrogens with one attached hydrogen (secondary N) is 2. The van der Waals surface area contributed by atoms with E-state index in [1.165, 1.54) is 11.6 Å². The van der Waals surface area contributed by atoms with Crippen molar-refractivity contribution in [2.75, 3.05) is 11.9 Å². The molecule has 2 aromatic carbocycles. The summed E-state index contributed by atoms with van der Waals surface area (Å²) in [6.07, 6.45) is 0.519. The number of rotatable bonds is 3. The predicted octanol–water partition coefficient (Wildman–Crippen LogP) is 3.23. The van der Waals surface area contributed by atoms with Gasteiger partial charge < -0.3 is 15.4 Å². The lowest BCUT2D eigenvalue weighted by molar-refractivity contribution is 0.0308. The highest BCUT2D eigenvalue weighted by Crippen LogP contribution is 2.20. The lowest BCUT2D eigenvalue weighted by Crippen LogP contribution is -2.39. The van der Waals surface area contributed by atoms with E-state index in [0.29, 0.717) is 13.0 Å². The fraction of sp³-hybridized carbons (Fsp3) is 0.235. The Morgan fingerprint density at radius 1 is 1.09 bits per heavy atom. The summed E-state index contributed by atoms with van der Waals surface area (Å²) in [6, 6.07) is 10.7. The second-order valence-electron chi connectivity index (χ2n) is 5.34. The molecule has 0 bridgehead atoms. The van der Waals surface area contributed by atoms with Crippen LogP contribution < -0.4 is 10.6 Å². The molecule has 1 heterocycles. The lowest BCUT2D eigenvalue weighted by Gasteiger charge is -2.25. The number of anilines is 1. The van der Waals surface area contributed by atoms with E-state index in [2.05, 4.69) is 10.6 Å². The van der Waals surface area contributed by atoms with Gasteiger partial charge in [0.25, 0.3) is 0 Å². The molecule has 0 fully saturated rings. The highest BCUT2D eigenvalue weighted by molar-refractivity contribution is 5.89. The van der Waals surface area contributed by atoms with Crippen LogP contribution in [0.1, 0.15) is 11.1 Å². The Labute approximate surface area is 132 Å². The first-order chi connectivity index (χ1) is 11.1. The van der Waals surface area contributed by atoms with Crippen molar-refractivity contribution in [3.8, 4) is 0 Å². The summed E-state index contributed by atoms with van der Waals surface area (Å²) in [5.41, 5.74) is 1.87. The molecule has 0 radical (unpaired) electrons. The molecule has 0 aromatic heterocycles. The summed E-state index contributed by atoms with van der Waals surface area (Å²) in [4.78, 5) is 11.8. The fourth-order valence-corrected chi connectivity index (χ4v) is 2.52. The Hall–Kier alpha value is -2.47. The number of ether oxygens (including phenoxy) is 1. The summed E-state index contributed by atoms with van der Waals surface area (Å²) in [5.74, 6) is -1.63. The molecule has 120 valence electrons. The van der Waals surface area contributed by atoms with Crippen LogP contribution in [0.5, 0.6) is 0 Å². The van der Waals surface area contributed by atoms with Crippen LogP contribution in [0.4, 0.5) is 19.3 Å². The average Bonchev–Trinajstić information content (AvgIpc) is 2.56. The van der Waals surface area contributed by atoms with Crippen molar-refractivity contribution >= 4 is 11.7 Å². The van der Waals surface area contributed by atoms with Crippen molar-refractivity contribution in [3.05, 3.63) is 65.2 Å². The molecule has 6 heteroatoms. The van der Waals surface area contributed by atoms with E-state index < -0.39 is 23.4 Å². The van der Waals surface area contributed by atoms with E-state index in [0.717, 1.165) is 17.7 Å². The minimum absolute atomic E-state index is 0.166. The smallest absolute Gasteiger partial charge is 0.319 e. The van der Waals surface area contributed by atoms with Gasteiger partial charge in [0.15, 0.2) is 0 Å². The molecule has 1 aliphatic heterocycles. The Kier molecular flexibility index (Phi) is 4.52. The number of amides is 2. The third-order valence-electron chi connectivity index (χ3n) is 3.73. The maximum atomic E-state index is 13.5. The highest BCUT2D eigenvalue weighted by Gasteiger charge is 2.19. The van der Waals surface area contributed by atoms with Gasteiger partial charge in [-0.05, 0) is 23.3 Å². The van der Waals surface area contributed by atoms with Crippen LogP contribution in [0.2, 0.25) is 0 Å². The van der Waals surface area contributed by atoms with E-state index in [9.17, 15) is 13.6 Å². The molecular formula is C17H16F2N2O2. The normalized spacial score (nSPS) is 16.5. The number of benzene rings is 2. The first-order valence-electron chi connectivity index (χ1n) is 7.30. The van der Waals surface area contributed by atoms with Crippen molar-refractivity contribution in [1.29, 1.82) is 0 Å². The van der Waals surface area contributed by atoms with Crippen molar-refractivity contribution in [2.45, 2.75) is 19.1 Å². The van der Waals surface area contributed by atoms with Gasteiger partial charge >= 0.3 is 6.03 Å². The second kappa shape index (κ2) is 6.75. The van der Waals surface area contributed by atoms with Crippen LogP contribution in [0.15, 0.2) is 42.5 Å². The van der Waals surface area contributed by atoms with Crippen molar-refractivity contribution in [3.63, 3.8) is 0 Å². The van der Waals surface area contributed by atoms with Gasteiger partial charge in [-0.3, -0.25) is 0 Å². The molecule has 2 N–H and O–H groups in total. The zero-order valence-corrected chi connectivity index (χ0v) is 12.3. The lowest BCUT2D eigenvalue weighted by atomic mass is 9.99. The SMILES string of the molecule is O=C(NCC1Cc2ccccc2CO1)Nc1c(F)cccc1F. The molecule has 1 atom stereocenters. The number of urea groups is 1. The quantitative estimate of drug-likeness (QED) is 0.913. The zero-order valence-electron chi connectivity index (χ0n) is 12.3. The largest absolute Gasteiger partial charge is 0.371 e. The molecular weight excluding hydrogens is 302 g/mol. The number of carbonyl (C=O) groups is 1. The van der Waals surface area contributed by atoms with Gasteiger partial charge in [-0.25, -0.2) is 13.6 Å². The summed E-state index contributed by atoms with van der Waals surface area (Å²) < 4.78 is 32.6. The summed E-state index contributed by atoms with van der Waals surface area (Å²) in [5, 5.41) is 4.76. The van der Waals surface area contributed by atoms with Gasteiger partial charge in [0.2, 0.25) is 0 Å². The van der Waals surface area contributed by atoms with Gasteiger partial charge in [0.1, 0.15) is 17.3 Å². The molecule has 4 nitrogen and oxygen atoms in total. The predicted molar refractivity (Wildman–Crippen MR) is 82.1 cm³/mol. The molecule has 2 amide bonds. The molecule has 2 aromatic rings. The van der Waals surface area contributed by atoms with Crippen LogP contribution >= 0.6 is 0 Å². The van der Waals surface area contributed by atoms with E-state index in [1.807, 2.05) is 24.3 Å². The molecule has 0 saturated carbocycles. The third-order valence-corrected chi connectivity index (χ3v) is 3.73. The highest BCUT2D eigenvalue weighted by atomic mass is 19.1. The third kappa shape index (κ3) is 3.65. The first-order valence-corrected chi connectivity index (χ1v) is 7.30. The first kappa shape index (κ1) is 15.4. The van der Waals surface area contributed by atoms with Crippen molar-refractivity contribution in [2.24, 2.45) is 0 Å². The minimum Gasteiger partial charge on any atom is -0.371 e. The van der Waals surface area contributed by atoms with Crippen LogP contribution in [0, 0.1) is 11.6 Å². The Morgan fingerprint density at radius 3 is 2.52 bits per heavy atom. The number of fused-ring (bicyclic) bond motifs is 1. The summed E-state index contributed by atoms with van der Waals surface area (Å²) in [6.45, 7) is 0.752. The summed E-state index contributed by atoms with van der Waals surface area (Å²) in [7, 11) is 0. The zero-order chi connectivity index (χ0) is 16.2. The van der Waals surface area contributed by atoms with Gasteiger partial charge in [0.05, 0.1) is 12.7 Å². The van der Waals surface area contributed by atoms with Crippen LogP contribution in [0.3, 0.4) is 0 Å². The maximum Gasteiger partial charge on any atom is 0.319 e. The molecule has 0 aliphatic carbocycles. The molecule has 3 rings (SSSR count). The Balaban J connectivity index is 1.54. The van der Waals surface area contributed by atoms with E-state index >= 15 is 0 Å². The number of carbonyl (C=O) groups excluding carboxylic acids is 1. The van der Waals surface area contributed by atoms with Crippen LogP contribution in [-0.2, 0) is 17.8 Å². The fourth-order valence-electron chi connectivity index (χ4n) is 2.52. The van der Waals surface area contributed by atoms with Gasteiger partial charge in [-0.1, -0.05) is 30.3 Å². The number of hydrogen-bond acceptors (Lipinski definition) is 2. The molecule has 0 saturated heterocycles. The van der Waals surface area contributed by atoms with Gasteiger partial charge in [-0.2, -0.15) is 0 Å². The number of hydrogen-bond donors (Lipinski definition) is 2. The van der Waals surface area contributed by atoms with E-state index in [-0.39, 0.29) is 12.6 Å². The number of halogens is 2. The standard InChI is InChI=1S/C17H16F2N2O2/c18-14-6-3-7-15(19)16(14)21-17(22)20-9-13-8-11-4-1-2-5-12(11)10-23-13/h1-7,13H,8-10H2,(H2,20,21,22). The second-order valence-corrected chi connectivity index (χ2v) is 5.34. The summed E-state index contributed by atoms with van der Waals surface area (Å²) >= 11 is 0. The molecule has 1 aliphatic rings.